The average molecular weight is 236 g/mol. The third kappa shape index (κ3) is 2.70. The summed E-state index contributed by atoms with van der Waals surface area (Å²) in [5, 5.41) is 9.47. The van der Waals surface area contributed by atoms with Crippen molar-refractivity contribution < 1.29 is 9.84 Å². The lowest BCUT2D eigenvalue weighted by Gasteiger charge is -2.40. The van der Waals surface area contributed by atoms with Crippen molar-refractivity contribution in [3.05, 3.63) is 24.3 Å². The number of hydrogen-bond donors (Lipinski definition) is 1. The lowest BCUT2D eigenvalue weighted by molar-refractivity contribution is 0.191. The minimum Gasteiger partial charge on any atom is -0.497 e. The molecule has 0 radical (unpaired) electrons. The van der Waals surface area contributed by atoms with Gasteiger partial charge in [0.25, 0.3) is 0 Å². The van der Waals surface area contributed by atoms with E-state index in [1.165, 1.54) is 0 Å². The number of ether oxygens (including phenoxy) is 1. The molecule has 1 aliphatic heterocycles. The number of hydrogen-bond acceptors (Lipinski definition) is 4. The van der Waals surface area contributed by atoms with Gasteiger partial charge in [-0.25, -0.2) is 0 Å². The molecule has 0 aliphatic carbocycles. The van der Waals surface area contributed by atoms with Gasteiger partial charge in [0, 0.05) is 31.4 Å². The molecule has 1 atom stereocenters. The van der Waals surface area contributed by atoms with Crippen LogP contribution in [0.15, 0.2) is 24.3 Å². The van der Waals surface area contributed by atoms with Crippen LogP contribution in [-0.2, 0) is 0 Å². The summed E-state index contributed by atoms with van der Waals surface area (Å²) in [5.41, 5.74) is 1.12. The van der Waals surface area contributed by atoms with Crippen molar-refractivity contribution >= 4 is 5.69 Å². The highest BCUT2D eigenvalue weighted by Crippen LogP contribution is 2.24. The number of piperazine rings is 1. The van der Waals surface area contributed by atoms with Crippen molar-refractivity contribution in [1.82, 2.24) is 4.90 Å². The second-order valence-electron chi connectivity index (χ2n) is 4.49. The van der Waals surface area contributed by atoms with Gasteiger partial charge in [-0.1, -0.05) is 6.07 Å². The Labute approximate surface area is 102 Å². The van der Waals surface area contributed by atoms with Gasteiger partial charge in [-0.2, -0.15) is 0 Å². The van der Waals surface area contributed by atoms with Crippen molar-refractivity contribution in [3.63, 3.8) is 0 Å². The van der Waals surface area contributed by atoms with Crippen LogP contribution in [0.5, 0.6) is 5.75 Å². The van der Waals surface area contributed by atoms with E-state index in [0.29, 0.717) is 0 Å². The number of anilines is 1. The summed E-state index contributed by atoms with van der Waals surface area (Å²) in [7, 11) is 3.76. The van der Waals surface area contributed by atoms with Crippen molar-refractivity contribution in [2.75, 3.05) is 45.3 Å². The molecule has 0 spiro atoms. The third-order valence-electron chi connectivity index (χ3n) is 3.28. The van der Waals surface area contributed by atoms with Gasteiger partial charge in [-0.3, -0.25) is 0 Å². The first-order chi connectivity index (χ1) is 8.24. The molecule has 94 valence electrons. The lowest BCUT2D eigenvalue weighted by atomic mass is 10.1. The quantitative estimate of drug-likeness (QED) is 0.842. The zero-order valence-electron chi connectivity index (χ0n) is 10.5. The fraction of sp³-hybridized carbons (Fsp3) is 0.538. The van der Waals surface area contributed by atoms with E-state index < -0.39 is 0 Å². The Bertz CT molecular complexity index is 370. The van der Waals surface area contributed by atoms with Crippen molar-refractivity contribution in [1.29, 1.82) is 0 Å². The van der Waals surface area contributed by atoms with Crippen LogP contribution in [0.1, 0.15) is 0 Å². The molecule has 2 rings (SSSR count). The Balaban J connectivity index is 2.19. The molecule has 1 N–H and O–H groups in total. The van der Waals surface area contributed by atoms with Gasteiger partial charge >= 0.3 is 0 Å². The molecule has 0 aromatic heterocycles. The van der Waals surface area contributed by atoms with Gasteiger partial charge in [-0.15, -0.1) is 0 Å². The zero-order chi connectivity index (χ0) is 12.3. The molecule has 17 heavy (non-hydrogen) atoms. The summed E-state index contributed by atoms with van der Waals surface area (Å²) >= 11 is 0. The van der Waals surface area contributed by atoms with Gasteiger partial charge in [0.05, 0.1) is 19.8 Å². The minimum absolute atomic E-state index is 0.167. The number of nitrogens with zero attached hydrogens (tertiary/aromatic N) is 2. The number of aliphatic hydroxyl groups is 1. The van der Waals surface area contributed by atoms with E-state index >= 15 is 0 Å². The second kappa shape index (κ2) is 5.38. The van der Waals surface area contributed by atoms with Crippen LogP contribution >= 0.6 is 0 Å². The smallest absolute Gasteiger partial charge is 0.120 e. The molecule has 1 aromatic carbocycles. The molecule has 1 aromatic rings. The standard InChI is InChI=1S/C13H20N2O2/c1-14-6-7-15(12(9-14)10-16)11-4-3-5-13(8-11)17-2/h3-5,8,12,16H,6-7,9-10H2,1-2H3. The highest BCUT2D eigenvalue weighted by atomic mass is 16.5. The van der Waals surface area contributed by atoms with Crippen LogP contribution in [0.2, 0.25) is 0 Å². The van der Waals surface area contributed by atoms with Gasteiger partial charge < -0.3 is 19.6 Å². The van der Waals surface area contributed by atoms with Crippen molar-refractivity contribution in [3.8, 4) is 5.75 Å². The molecular weight excluding hydrogens is 216 g/mol. The molecular formula is C13H20N2O2. The zero-order valence-corrected chi connectivity index (χ0v) is 10.5. The van der Waals surface area contributed by atoms with E-state index in [9.17, 15) is 5.11 Å². The van der Waals surface area contributed by atoms with Crippen molar-refractivity contribution in [2.45, 2.75) is 6.04 Å². The Morgan fingerprint density at radius 3 is 2.94 bits per heavy atom. The molecule has 0 amide bonds. The normalized spacial score (nSPS) is 21.6. The third-order valence-corrected chi connectivity index (χ3v) is 3.28. The van der Waals surface area contributed by atoms with Gasteiger partial charge in [0.15, 0.2) is 0 Å². The molecule has 1 unspecified atom stereocenters. The van der Waals surface area contributed by atoms with Crippen LogP contribution in [0.4, 0.5) is 5.69 Å². The number of methoxy groups -OCH3 is 1. The van der Waals surface area contributed by atoms with E-state index in [2.05, 4.69) is 22.9 Å². The summed E-state index contributed by atoms with van der Waals surface area (Å²) < 4.78 is 5.24. The molecule has 4 nitrogen and oxygen atoms in total. The van der Waals surface area contributed by atoms with Crippen LogP contribution in [0, 0.1) is 0 Å². The predicted molar refractivity (Wildman–Crippen MR) is 68.7 cm³/mol. The molecule has 1 saturated heterocycles. The monoisotopic (exact) mass is 236 g/mol. The minimum atomic E-state index is 0.167. The Morgan fingerprint density at radius 2 is 2.24 bits per heavy atom. The summed E-state index contributed by atoms with van der Waals surface area (Å²) in [4.78, 5) is 4.50. The molecule has 1 fully saturated rings. The predicted octanol–water partition coefficient (Wildman–Crippen LogP) is 0.808. The molecule has 1 heterocycles. The maximum absolute atomic E-state index is 9.47. The maximum Gasteiger partial charge on any atom is 0.120 e. The maximum atomic E-state index is 9.47. The number of aliphatic hydroxyl groups excluding tert-OH is 1. The Morgan fingerprint density at radius 1 is 1.41 bits per heavy atom. The average Bonchev–Trinajstić information content (AvgIpc) is 2.38. The summed E-state index contributed by atoms with van der Waals surface area (Å²) in [5.74, 6) is 0.859. The van der Waals surface area contributed by atoms with E-state index in [4.69, 9.17) is 4.74 Å². The first kappa shape index (κ1) is 12.2. The molecule has 0 bridgehead atoms. The summed E-state index contributed by atoms with van der Waals surface area (Å²) in [6, 6.07) is 8.18. The fourth-order valence-electron chi connectivity index (χ4n) is 2.30. The van der Waals surface area contributed by atoms with E-state index in [0.717, 1.165) is 31.1 Å². The van der Waals surface area contributed by atoms with E-state index in [-0.39, 0.29) is 12.6 Å². The van der Waals surface area contributed by atoms with Crippen molar-refractivity contribution in [2.24, 2.45) is 0 Å². The summed E-state index contributed by atoms with van der Waals surface area (Å²) in [6.45, 7) is 3.04. The van der Waals surface area contributed by atoms with E-state index in [1.807, 2.05) is 18.2 Å². The highest BCUT2D eigenvalue weighted by molar-refractivity contribution is 5.52. The fourth-order valence-corrected chi connectivity index (χ4v) is 2.30. The highest BCUT2D eigenvalue weighted by Gasteiger charge is 2.24. The number of benzene rings is 1. The first-order valence-corrected chi connectivity index (χ1v) is 5.94. The molecule has 4 heteroatoms. The first-order valence-electron chi connectivity index (χ1n) is 5.94. The van der Waals surface area contributed by atoms with Gasteiger partial charge in [0.1, 0.15) is 5.75 Å². The SMILES string of the molecule is COc1cccc(N2CCN(C)CC2CO)c1. The van der Waals surface area contributed by atoms with Crippen LogP contribution in [0.25, 0.3) is 0 Å². The molecule has 1 aliphatic rings. The largest absolute Gasteiger partial charge is 0.497 e. The van der Waals surface area contributed by atoms with Crippen LogP contribution < -0.4 is 9.64 Å². The number of rotatable bonds is 3. The molecule has 0 saturated carbocycles. The topological polar surface area (TPSA) is 35.9 Å². The lowest BCUT2D eigenvalue weighted by Crippen LogP contribution is -2.53. The summed E-state index contributed by atoms with van der Waals surface area (Å²) in [6.07, 6.45) is 0. The van der Waals surface area contributed by atoms with Gasteiger partial charge in [-0.05, 0) is 19.2 Å². The Kier molecular flexibility index (Phi) is 3.86. The van der Waals surface area contributed by atoms with Crippen LogP contribution in [-0.4, -0.2) is 56.4 Å². The second-order valence-corrected chi connectivity index (χ2v) is 4.49. The Hall–Kier alpha value is -1.26. The number of likely N-dealkylation sites (N-methyl/N-ethyl adjacent to an activating group) is 1. The van der Waals surface area contributed by atoms with E-state index in [1.54, 1.807) is 7.11 Å². The van der Waals surface area contributed by atoms with Crippen LogP contribution in [0.3, 0.4) is 0 Å². The van der Waals surface area contributed by atoms with Gasteiger partial charge in [0.2, 0.25) is 0 Å².